The summed E-state index contributed by atoms with van der Waals surface area (Å²) in [5.41, 5.74) is 1.38. The van der Waals surface area contributed by atoms with Crippen molar-refractivity contribution >= 4 is 23.4 Å². The Kier molecular flexibility index (Phi) is 5.68. The molecule has 2 aromatic carbocycles. The van der Waals surface area contributed by atoms with Crippen LogP contribution in [0.4, 0.5) is 11.4 Å². The van der Waals surface area contributed by atoms with Crippen LogP contribution < -0.4 is 10.1 Å². The smallest absolute Gasteiger partial charge is 0.269 e. The largest absolute Gasteiger partial charge is 0.491 e. The summed E-state index contributed by atoms with van der Waals surface area (Å²) in [4.78, 5) is 22.0. The number of anilines is 1. The van der Waals surface area contributed by atoms with Crippen LogP contribution in [0.3, 0.4) is 0 Å². The number of hydrogen-bond acceptors (Lipinski definition) is 4. The lowest BCUT2D eigenvalue weighted by Crippen LogP contribution is -2.08. The molecule has 0 heterocycles. The predicted octanol–water partition coefficient (Wildman–Crippen LogP) is 4.03. The van der Waals surface area contributed by atoms with E-state index in [1.807, 2.05) is 13.8 Å². The van der Waals surface area contributed by atoms with Gasteiger partial charge in [-0.2, -0.15) is 0 Å². The van der Waals surface area contributed by atoms with Gasteiger partial charge in [0.2, 0.25) is 5.91 Å². The minimum absolute atomic E-state index is 0.0142. The number of non-ortho nitro benzene ring substituents is 1. The van der Waals surface area contributed by atoms with E-state index in [1.165, 1.54) is 18.2 Å². The molecule has 1 N–H and O–H groups in total. The zero-order valence-electron chi connectivity index (χ0n) is 13.4. The number of nitro groups is 1. The zero-order chi connectivity index (χ0) is 17.5. The fraction of sp³-hybridized carbons (Fsp3) is 0.167. The van der Waals surface area contributed by atoms with Crippen molar-refractivity contribution in [2.75, 3.05) is 5.32 Å². The molecule has 0 aromatic heterocycles. The number of amides is 1. The third-order valence-corrected chi connectivity index (χ3v) is 3.02. The monoisotopic (exact) mass is 326 g/mol. The number of carbonyl (C=O) groups excluding carboxylic acids is 1. The predicted molar refractivity (Wildman–Crippen MR) is 93.0 cm³/mol. The fourth-order valence-electron chi connectivity index (χ4n) is 1.95. The van der Waals surface area contributed by atoms with Gasteiger partial charge in [-0.25, -0.2) is 0 Å². The second-order valence-electron chi connectivity index (χ2n) is 5.36. The molecule has 0 unspecified atom stereocenters. The Morgan fingerprint density at radius 1 is 1.12 bits per heavy atom. The standard InChI is InChI=1S/C18H18N2O4/c1-13(2)24-17-10-6-15(7-11-17)19-18(21)12-5-14-3-8-16(9-4-14)20(22)23/h3-13H,1-2H3,(H,19,21)/b12-5+. The van der Waals surface area contributed by atoms with Gasteiger partial charge in [-0.05, 0) is 61.9 Å². The molecule has 2 rings (SSSR count). The third-order valence-electron chi connectivity index (χ3n) is 3.02. The summed E-state index contributed by atoms with van der Waals surface area (Å²) in [6, 6.07) is 13.0. The molecule has 0 aliphatic carbocycles. The molecule has 6 nitrogen and oxygen atoms in total. The number of nitro benzene ring substituents is 1. The first-order valence-corrected chi connectivity index (χ1v) is 7.44. The number of benzene rings is 2. The van der Waals surface area contributed by atoms with Gasteiger partial charge in [0.25, 0.3) is 5.69 Å². The van der Waals surface area contributed by atoms with Gasteiger partial charge in [0.15, 0.2) is 0 Å². The van der Waals surface area contributed by atoms with Crippen LogP contribution in [0.1, 0.15) is 19.4 Å². The highest BCUT2D eigenvalue weighted by molar-refractivity contribution is 6.01. The van der Waals surface area contributed by atoms with Gasteiger partial charge in [-0.15, -0.1) is 0 Å². The summed E-state index contributed by atoms with van der Waals surface area (Å²) in [5.74, 6) is 0.454. The van der Waals surface area contributed by atoms with Crippen molar-refractivity contribution in [1.29, 1.82) is 0 Å². The third kappa shape index (κ3) is 5.24. The zero-order valence-corrected chi connectivity index (χ0v) is 13.4. The van der Waals surface area contributed by atoms with E-state index in [0.29, 0.717) is 11.3 Å². The Balaban J connectivity index is 1.93. The van der Waals surface area contributed by atoms with Crippen LogP contribution >= 0.6 is 0 Å². The maximum absolute atomic E-state index is 11.9. The molecule has 6 heteroatoms. The second kappa shape index (κ2) is 7.92. The molecule has 0 saturated heterocycles. The minimum atomic E-state index is -0.465. The molecule has 0 bridgehead atoms. The molecule has 2 aromatic rings. The molecule has 0 spiro atoms. The van der Waals surface area contributed by atoms with Crippen LogP contribution in [0.15, 0.2) is 54.6 Å². The molecule has 24 heavy (non-hydrogen) atoms. The summed E-state index contributed by atoms with van der Waals surface area (Å²) < 4.78 is 5.53. The highest BCUT2D eigenvalue weighted by Crippen LogP contribution is 2.17. The Morgan fingerprint density at radius 2 is 1.75 bits per heavy atom. The van der Waals surface area contributed by atoms with Gasteiger partial charge in [0.1, 0.15) is 5.75 Å². The van der Waals surface area contributed by atoms with Crippen LogP contribution in [-0.4, -0.2) is 16.9 Å². The highest BCUT2D eigenvalue weighted by Gasteiger charge is 2.03. The Hall–Kier alpha value is -3.15. The Labute approximate surface area is 139 Å². The molecule has 124 valence electrons. The van der Waals surface area contributed by atoms with Gasteiger partial charge in [0, 0.05) is 23.9 Å². The normalized spacial score (nSPS) is 10.8. The van der Waals surface area contributed by atoms with Crippen molar-refractivity contribution in [3.63, 3.8) is 0 Å². The Bertz CT molecular complexity index is 735. The summed E-state index contributed by atoms with van der Waals surface area (Å²) in [5, 5.41) is 13.3. The average Bonchev–Trinajstić information content (AvgIpc) is 2.54. The van der Waals surface area contributed by atoms with E-state index in [2.05, 4.69) is 5.32 Å². The quantitative estimate of drug-likeness (QED) is 0.493. The van der Waals surface area contributed by atoms with Gasteiger partial charge in [-0.1, -0.05) is 0 Å². The van der Waals surface area contributed by atoms with Crippen LogP contribution in [0, 0.1) is 10.1 Å². The molecule has 0 radical (unpaired) electrons. The average molecular weight is 326 g/mol. The fourth-order valence-corrected chi connectivity index (χ4v) is 1.95. The van der Waals surface area contributed by atoms with Crippen molar-refractivity contribution in [2.45, 2.75) is 20.0 Å². The lowest BCUT2D eigenvalue weighted by Gasteiger charge is -2.10. The summed E-state index contributed by atoms with van der Waals surface area (Å²) in [6.07, 6.45) is 3.06. The topological polar surface area (TPSA) is 81.5 Å². The molecule has 0 aliphatic heterocycles. The molecule has 0 fully saturated rings. The number of nitrogens with zero attached hydrogens (tertiary/aromatic N) is 1. The van der Waals surface area contributed by atoms with E-state index in [4.69, 9.17) is 4.74 Å². The van der Waals surface area contributed by atoms with Gasteiger partial charge >= 0.3 is 0 Å². The number of hydrogen-bond donors (Lipinski definition) is 1. The lowest BCUT2D eigenvalue weighted by molar-refractivity contribution is -0.384. The van der Waals surface area contributed by atoms with Crippen molar-refractivity contribution in [3.8, 4) is 5.75 Å². The molecule has 0 saturated carbocycles. The molecule has 0 aliphatic rings. The van der Waals surface area contributed by atoms with Gasteiger partial charge in [-0.3, -0.25) is 14.9 Å². The van der Waals surface area contributed by atoms with Crippen LogP contribution in [0.5, 0.6) is 5.75 Å². The van der Waals surface area contributed by atoms with Crippen LogP contribution in [0.2, 0.25) is 0 Å². The number of nitrogens with one attached hydrogen (secondary N) is 1. The van der Waals surface area contributed by atoms with Crippen molar-refractivity contribution in [1.82, 2.24) is 0 Å². The molecular weight excluding hydrogens is 308 g/mol. The van der Waals surface area contributed by atoms with Crippen molar-refractivity contribution in [3.05, 3.63) is 70.3 Å². The summed E-state index contributed by atoms with van der Waals surface area (Å²) in [6.45, 7) is 3.89. The van der Waals surface area contributed by atoms with Gasteiger partial charge in [0.05, 0.1) is 11.0 Å². The van der Waals surface area contributed by atoms with E-state index >= 15 is 0 Å². The lowest BCUT2D eigenvalue weighted by atomic mass is 10.2. The van der Waals surface area contributed by atoms with Gasteiger partial charge < -0.3 is 10.1 Å². The maximum Gasteiger partial charge on any atom is 0.269 e. The van der Waals surface area contributed by atoms with Crippen LogP contribution in [0.25, 0.3) is 6.08 Å². The van der Waals surface area contributed by atoms with E-state index in [1.54, 1.807) is 42.5 Å². The Morgan fingerprint density at radius 3 is 2.29 bits per heavy atom. The highest BCUT2D eigenvalue weighted by atomic mass is 16.6. The van der Waals surface area contributed by atoms with E-state index in [0.717, 1.165) is 5.75 Å². The first-order chi connectivity index (χ1) is 11.4. The second-order valence-corrected chi connectivity index (χ2v) is 5.36. The van der Waals surface area contributed by atoms with Crippen molar-refractivity contribution in [2.24, 2.45) is 0 Å². The van der Waals surface area contributed by atoms with E-state index < -0.39 is 4.92 Å². The maximum atomic E-state index is 11.9. The molecule has 1 amide bonds. The minimum Gasteiger partial charge on any atom is -0.491 e. The SMILES string of the molecule is CC(C)Oc1ccc(NC(=O)/C=C/c2ccc([N+](=O)[O-])cc2)cc1. The molecule has 0 atom stereocenters. The summed E-state index contributed by atoms with van der Waals surface area (Å²) >= 11 is 0. The molecular formula is C18H18N2O4. The summed E-state index contributed by atoms with van der Waals surface area (Å²) in [7, 11) is 0. The number of ether oxygens (including phenoxy) is 1. The van der Waals surface area contributed by atoms with E-state index in [9.17, 15) is 14.9 Å². The van der Waals surface area contributed by atoms with Crippen LogP contribution in [-0.2, 0) is 4.79 Å². The van der Waals surface area contributed by atoms with Crippen molar-refractivity contribution < 1.29 is 14.5 Å². The first-order valence-electron chi connectivity index (χ1n) is 7.44. The number of carbonyl (C=O) groups is 1. The first kappa shape index (κ1) is 17.2. The number of rotatable bonds is 6. The van der Waals surface area contributed by atoms with E-state index in [-0.39, 0.29) is 17.7 Å².